The SMILES string of the molecule is CCCCOC(=O)C[C@H]1C(=O)C[C@@H](O)[C@@H]1/C=C/[C@@H](O)CCc1ccccc1. The van der Waals surface area contributed by atoms with E-state index in [2.05, 4.69) is 0 Å². The van der Waals surface area contributed by atoms with E-state index < -0.39 is 30.0 Å². The predicted molar refractivity (Wildman–Crippen MR) is 103 cm³/mol. The van der Waals surface area contributed by atoms with Gasteiger partial charge in [-0.15, -0.1) is 0 Å². The molecule has 0 saturated heterocycles. The highest BCUT2D eigenvalue weighted by molar-refractivity contribution is 5.88. The molecule has 5 nitrogen and oxygen atoms in total. The second-order valence-corrected chi connectivity index (χ2v) is 7.18. The third-order valence-corrected chi connectivity index (χ3v) is 5.01. The molecule has 0 aliphatic heterocycles. The second kappa shape index (κ2) is 11.0. The number of Topliss-reactive ketones (excluding diaryl/α,β-unsaturated/α-hetero) is 1. The first-order valence-electron chi connectivity index (χ1n) is 9.78. The van der Waals surface area contributed by atoms with Crippen molar-refractivity contribution in [3.63, 3.8) is 0 Å². The summed E-state index contributed by atoms with van der Waals surface area (Å²) in [6.07, 6.45) is 4.89. The van der Waals surface area contributed by atoms with E-state index in [1.54, 1.807) is 12.2 Å². The Bertz CT molecular complexity index is 625. The van der Waals surface area contributed by atoms with Gasteiger partial charge in [0.2, 0.25) is 0 Å². The van der Waals surface area contributed by atoms with E-state index in [4.69, 9.17) is 4.74 Å². The van der Waals surface area contributed by atoms with Crippen molar-refractivity contribution in [2.24, 2.45) is 11.8 Å². The smallest absolute Gasteiger partial charge is 0.306 e. The molecule has 0 radical (unpaired) electrons. The highest BCUT2D eigenvalue weighted by Gasteiger charge is 2.41. The summed E-state index contributed by atoms with van der Waals surface area (Å²) in [6.45, 7) is 2.37. The normalized spacial score (nSPS) is 23.7. The maximum absolute atomic E-state index is 12.2. The molecule has 0 aromatic heterocycles. The van der Waals surface area contributed by atoms with Gasteiger partial charge in [0.15, 0.2) is 0 Å². The molecule has 0 bridgehead atoms. The molecule has 0 heterocycles. The minimum Gasteiger partial charge on any atom is -0.466 e. The van der Waals surface area contributed by atoms with Crippen molar-refractivity contribution in [1.29, 1.82) is 0 Å². The van der Waals surface area contributed by atoms with E-state index in [1.807, 2.05) is 37.3 Å². The molecule has 2 N–H and O–H groups in total. The maximum atomic E-state index is 12.2. The molecule has 1 aromatic rings. The van der Waals surface area contributed by atoms with Gasteiger partial charge in [-0.1, -0.05) is 55.8 Å². The van der Waals surface area contributed by atoms with Gasteiger partial charge in [0.1, 0.15) is 5.78 Å². The van der Waals surface area contributed by atoms with Crippen molar-refractivity contribution in [2.75, 3.05) is 6.61 Å². The summed E-state index contributed by atoms with van der Waals surface area (Å²) in [5, 5.41) is 20.4. The number of carbonyl (C=O) groups excluding carboxylic acids is 2. The zero-order valence-electron chi connectivity index (χ0n) is 15.9. The molecule has 27 heavy (non-hydrogen) atoms. The van der Waals surface area contributed by atoms with Crippen LogP contribution in [0.15, 0.2) is 42.5 Å². The topological polar surface area (TPSA) is 83.8 Å². The average Bonchev–Trinajstić information content (AvgIpc) is 2.92. The van der Waals surface area contributed by atoms with Gasteiger partial charge in [-0.2, -0.15) is 0 Å². The Hall–Kier alpha value is -1.98. The van der Waals surface area contributed by atoms with Crippen molar-refractivity contribution in [3.05, 3.63) is 48.0 Å². The summed E-state index contributed by atoms with van der Waals surface area (Å²) in [6, 6.07) is 9.89. The maximum Gasteiger partial charge on any atom is 0.306 e. The van der Waals surface area contributed by atoms with Gasteiger partial charge in [-0.25, -0.2) is 0 Å². The molecule has 1 saturated carbocycles. The molecule has 2 rings (SSSR count). The van der Waals surface area contributed by atoms with E-state index in [-0.39, 0.29) is 18.6 Å². The van der Waals surface area contributed by atoms with E-state index in [0.29, 0.717) is 13.0 Å². The predicted octanol–water partition coefficient (Wildman–Crippen LogP) is 2.84. The molecule has 148 valence electrons. The number of esters is 1. The van der Waals surface area contributed by atoms with Gasteiger partial charge in [0, 0.05) is 18.3 Å². The monoisotopic (exact) mass is 374 g/mol. The molecule has 1 aliphatic rings. The van der Waals surface area contributed by atoms with Crippen molar-refractivity contribution in [2.45, 2.75) is 57.7 Å². The van der Waals surface area contributed by atoms with Gasteiger partial charge in [0.25, 0.3) is 0 Å². The molecule has 0 unspecified atom stereocenters. The number of unbranched alkanes of at least 4 members (excludes halogenated alkanes) is 1. The summed E-state index contributed by atoms with van der Waals surface area (Å²) in [5.74, 6) is -1.56. The Balaban J connectivity index is 1.88. The third kappa shape index (κ3) is 6.92. The summed E-state index contributed by atoms with van der Waals surface area (Å²) in [5.41, 5.74) is 1.15. The van der Waals surface area contributed by atoms with Crippen LogP contribution in [-0.4, -0.2) is 40.8 Å². The highest BCUT2D eigenvalue weighted by atomic mass is 16.5. The van der Waals surface area contributed by atoms with E-state index in [1.165, 1.54) is 0 Å². The van der Waals surface area contributed by atoms with Gasteiger partial charge in [-0.05, 0) is 24.8 Å². The fourth-order valence-electron chi connectivity index (χ4n) is 3.37. The van der Waals surface area contributed by atoms with Gasteiger partial charge in [-0.3, -0.25) is 9.59 Å². The Kier molecular flexibility index (Phi) is 8.69. The van der Waals surface area contributed by atoms with Gasteiger partial charge >= 0.3 is 5.97 Å². The summed E-state index contributed by atoms with van der Waals surface area (Å²) in [7, 11) is 0. The molecule has 1 aliphatic carbocycles. The molecule has 4 atom stereocenters. The zero-order valence-corrected chi connectivity index (χ0v) is 15.9. The molecule has 0 amide bonds. The van der Waals surface area contributed by atoms with Crippen molar-refractivity contribution in [1.82, 2.24) is 0 Å². The number of carbonyl (C=O) groups is 2. The van der Waals surface area contributed by atoms with Crippen LogP contribution in [0.5, 0.6) is 0 Å². The molecule has 0 spiro atoms. The quantitative estimate of drug-likeness (QED) is 0.374. The number of hydrogen-bond donors (Lipinski definition) is 2. The lowest BCUT2D eigenvalue weighted by Gasteiger charge is -2.17. The summed E-state index contributed by atoms with van der Waals surface area (Å²) < 4.78 is 5.14. The van der Waals surface area contributed by atoms with E-state index in [9.17, 15) is 19.8 Å². The van der Waals surface area contributed by atoms with E-state index in [0.717, 1.165) is 24.8 Å². The fourth-order valence-corrected chi connectivity index (χ4v) is 3.37. The molecule has 1 aromatic carbocycles. The minimum atomic E-state index is -0.816. The highest BCUT2D eigenvalue weighted by Crippen LogP contribution is 2.33. The number of aryl methyl sites for hydroxylation is 1. The number of rotatable bonds is 10. The van der Waals surface area contributed by atoms with Crippen LogP contribution in [0.4, 0.5) is 0 Å². The Morgan fingerprint density at radius 3 is 2.78 bits per heavy atom. The van der Waals surface area contributed by atoms with Crippen molar-refractivity contribution < 1.29 is 24.5 Å². The average molecular weight is 374 g/mol. The van der Waals surface area contributed by atoms with Crippen molar-refractivity contribution >= 4 is 11.8 Å². The number of hydrogen-bond acceptors (Lipinski definition) is 5. The molecular formula is C22H30O5. The minimum absolute atomic E-state index is 0.0191. The third-order valence-electron chi connectivity index (χ3n) is 5.01. The largest absolute Gasteiger partial charge is 0.466 e. The van der Waals surface area contributed by atoms with Crippen LogP contribution < -0.4 is 0 Å². The van der Waals surface area contributed by atoms with Crippen LogP contribution in [0.1, 0.15) is 44.6 Å². The van der Waals surface area contributed by atoms with E-state index >= 15 is 0 Å². The van der Waals surface area contributed by atoms with Crippen LogP contribution in [0.3, 0.4) is 0 Å². The lowest BCUT2D eigenvalue weighted by atomic mass is 9.90. The lowest BCUT2D eigenvalue weighted by Crippen LogP contribution is -2.23. The Morgan fingerprint density at radius 1 is 1.33 bits per heavy atom. The summed E-state index contributed by atoms with van der Waals surface area (Å²) >= 11 is 0. The van der Waals surface area contributed by atoms with Crippen LogP contribution in [0.25, 0.3) is 0 Å². The number of benzene rings is 1. The van der Waals surface area contributed by atoms with Crippen LogP contribution in [-0.2, 0) is 20.7 Å². The van der Waals surface area contributed by atoms with Crippen LogP contribution >= 0.6 is 0 Å². The second-order valence-electron chi connectivity index (χ2n) is 7.18. The van der Waals surface area contributed by atoms with Gasteiger partial charge in [0.05, 0.1) is 25.2 Å². The summed E-state index contributed by atoms with van der Waals surface area (Å²) in [4.78, 5) is 24.1. The lowest BCUT2D eigenvalue weighted by molar-refractivity contribution is -0.146. The van der Waals surface area contributed by atoms with Crippen LogP contribution in [0, 0.1) is 11.8 Å². The molecular weight excluding hydrogens is 344 g/mol. The fraction of sp³-hybridized carbons (Fsp3) is 0.545. The first-order valence-corrected chi connectivity index (χ1v) is 9.78. The Morgan fingerprint density at radius 2 is 2.07 bits per heavy atom. The number of ketones is 1. The number of aliphatic hydroxyl groups is 2. The molecule has 5 heteroatoms. The first kappa shape index (κ1) is 21.3. The zero-order chi connectivity index (χ0) is 19.6. The standard InChI is InChI=1S/C22H30O5/c1-2-3-13-27-22(26)14-19-18(20(24)15-21(19)25)12-11-17(23)10-9-16-7-5-4-6-8-16/h4-8,11-12,17-20,23-24H,2-3,9-10,13-15H2,1H3/b12-11+/t17-,18+,19+,20+/m0/s1. The Labute approximate surface area is 161 Å². The number of aliphatic hydroxyl groups excluding tert-OH is 2. The van der Waals surface area contributed by atoms with Crippen LogP contribution in [0.2, 0.25) is 0 Å². The van der Waals surface area contributed by atoms with Gasteiger partial charge < -0.3 is 14.9 Å². The first-order chi connectivity index (χ1) is 13.0. The number of ether oxygens (including phenoxy) is 1. The molecule has 1 fully saturated rings. The van der Waals surface area contributed by atoms with Crippen molar-refractivity contribution in [3.8, 4) is 0 Å².